The van der Waals surface area contributed by atoms with Crippen molar-refractivity contribution >= 4 is 23.4 Å². The Balaban J connectivity index is 1.41. The quantitative estimate of drug-likeness (QED) is 0.483. The van der Waals surface area contributed by atoms with Gasteiger partial charge in [-0.05, 0) is 12.1 Å². The third-order valence-corrected chi connectivity index (χ3v) is 4.84. The van der Waals surface area contributed by atoms with Crippen molar-refractivity contribution in [1.82, 2.24) is 10.6 Å². The van der Waals surface area contributed by atoms with Gasteiger partial charge in [-0.15, -0.1) is 0 Å². The number of carbonyl (C=O) groups excluding carboxylic acids is 3. The molecule has 0 atom stereocenters. The zero-order valence-electron chi connectivity index (χ0n) is 15.3. The zero-order chi connectivity index (χ0) is 19.2. The Labute approximate surface area is 157 Å². The maximum Gasteiger partial charge on any atom is 0.275 e. The number of benzene rings is 1. The summed E-state index contributed by atoms with van der Waals surface area (Å²) in [6, 6.07) is 5.34. The number of ether oxygens (including phenoxy) is 2. The maximum atomic E-state index is 12.5. The van der Waals surface area contributed by atoms with Crippen LogP contribution in [0.15, 0.2) is 18.2 Å². The largest absolute Gasteiger partial charge is 0.454 e. The fourth-order valence-electron chi connectivity index (χ4n) is 3.24. The summed E-state index contributed by atoms with van der Waals surface area (Å²) in [5.41, 5.74) is 0.688. The van der Waals surface area contributed by atoms with E-state index >= 15 is 0 Å². The van der Waals surface area contributed by atoms with Crippen LogP contribution in [-0.2, 0) is 14.4 Å². The van der Waals surface area contributed by atoms with E-state index in [4.69, 9.17) is 9.47 Å². The van der Waals surface area contributed by atoms with Crippen LogP contribution in [-0.4, -0.2) is 57.7 Å². The molecule has 0 unspecified atom stereocenters. The van der Waals surface area contributed by atoms with Crippen molar-refractivity contribution in [3.05, 3.63) is 18.2 Å². The van der Waals surface area contributed by atoms with Gasteiger partial charge in [0.25, 0.3) is 5.91 Å². The van der Waals surface area contributed by atoms with Gasteiger partial charge in [0.15, 0.2) is 18.0 Å². The average Bonchev–Trinajstić information content (AvgIpc) is 3.14. The summed E-state index contributed by atoms with van der Waals surface area (Å²) in [7, 11) is 1.53. The molecule has 2 heterocycles. The number of carbonyl (C=O) groups is 3. The topological polar surface area (TPSA) is 110 Å². The molecule has 1 fully saturated rings. The van der Waals surface area contributed by atoms with Crippen LogP contribution in [0.5, 0.6) is 11.5 Å². The lowest BCUT2D eigenvalue weighted by atomic mass is 9.96. The van der Waals surface area contributed by atoms with E-state index in [-0.39, 0.29) is 37.0 Å². The summed E-state index contributed by atoms with van der Waals surface area (Å²) in [5, 5.41) is 7.98. The molecule has 9 nitrogen and oxygen atoms in total. The molecule has 9 heteroatoms. The molecule has 1 aromatic carbocycles. The molecule has 27 heavy (non-hydrogen) atoms. The van der Waals surface area contributed by atoms with Crippen molar-refractivity contribution < 1.29 is 28.8 Å². The molecule has 0 saturated carbocycles. The summed E-state index contributed by atoms with van der Waals surface area (Å²) < 4.78 is 10.6. The number of likely N-dealkylation sites (N-methyl/N-ethyl adjacent to an activating group) is 1. The van der Waals surface area contributed by atoms with Crippen LogP contribution in [0, 0.1) is 5.92 Å². The molecule has 0 radical (unpaired) electrons. The van der Waals surface area contributed by atoms with Gasteiger partial charge in [0, 0.05) is 37.6 Å². The summed E-state index contributed by atoms with van der Waals surface area (Å²) in [6.45, 7) is 1.99. The lowest BCUT2D eigenvalue weighted by Gasteiger charge is -2.28. The number of nitrogens with one attached hydrogen (secondary N) is 4. The monoisotopic (exact) mass is 377 g/mol. The smallest absolute Gasteiger partial charge is 0.275 e. The van der Waals surface area contributed by atoms with Crippen LogP contribution in [0.4, 0.5) is 5.69 Å². The van der Waals surface area contributed by atoms with Crippen LogP contribution in [0.25, 0.3) is 0 Å². The highest BCUT2D eigenvalue weighted by Gasteiger charge is 2.29. The molecule has 2 aliphatic rings. The third kappa shape index (κ3) is 5.10. The number of rotatable bonds is 6. The Morgan fingerprint density at radius 3 is 2.59 bits per heavy atom. The van der Waals surface area contributed by atoms with Crippen molar-refractivity contribution in [2.24, 2.45) is 5.92 Å². The molecule has 0 aromatic heterocycles. The molecule has 0 aliphatic carbocycles. The third-order valence-electron chi connectivity index (χ3n) is 4.84. The van der Waals surface area contributed by atoms with Gasteiger partial charge < -0.3 is 30.3 Å². The van der Waals surface area contributed by atoms with Gasteiger partial charge in [-0.2, -0.15) is 0 Å². The minimum Gasteiger partial charge on any atom is -0.454 e. The number of anilines is 1. The van der Waals surface area contributed by atoms with E-state index < -0.39 is 0 Å². The van der Waals surface area contributed by atoms with Gasteiger partial charge in [0.2, 0.25) is 18.6 Å². The summed E-state index contributed by atoms with van der Waals surface area (Å²) in [6.07, 6.45) is 1.43. The predicted octanol–water partition coefficient (Wildman–Crippen LogP) is -1.49. The molecule has 2 aliphatic heterocycles. The number of hydrogen-bond acceptors (Lipinski definition) is 5. The van der Waals surface area contributed by atoms with Gasteiger partial charge in [-0.1, -0.05) is 0 Å². The van der Waals surface area contributed by atoms with Crippen molar-refractivity contribution in [2.75, 3.05) is 45.3 Å². The first kappa shape index (κ1) is 19.0. The number of fused-ring (bicyclic) bond motifs is 1. The molecular formula is C18H25N4O5+. The second-order valence-corrected chi connectivity index (χ2v) is 6.71. The molecule has 0 spiro atoms. The Morgan fingerprint density at radius 2 is 1.85 bits per heavy atom. The van der Waals surface area contributed by atoms with Gasteiger partial charge in [0.05, 0.1) is 19.6 Å². The second kappa shape index (κ2) is 8.72. The molecule has 3 rings (SSSR count). The fraction of sp³-hybridized carbons (Fsp3) is 0.500. The lowest BCUT2D eigenvalue weighted by molar-refractivity contribution is -0.897. The standard InChI is InChI=1S/C18H24N4O5/c1-19-16(23)9-20-17(24)10-22-6-4-12(5-7-22)18(25)21-13-2-3-14-15(8-13)27-11-26-14/h2-3,8,12H,4-7,9-11H2,1H3,(H,19,23)(H,20,24)(H,21,25)/p+1. The summed E-state index contributed by atoms with van der Waals surface area (Å²) >= 11 is 0. The summed E-state index contributed by atoms with van der Waals surface area (Å²) in [5.74, 6) is 0.841. The first-order valence-corrected chi connectivity index (χ1v) is 9.06. The fourth-order valence-corrected chi connectivity index (χ4v) is 3.24. The average molecular weight is 377 g/mol. The van der Waals surface area contributed by atoms with Crippen LogP contribution in [0.3, 0.4) is 0 Å². The second-order valence-electron chi connectivity index (χ2n) is 6.71. The van der Waals surface area contributed by atoms with Gasteiger partial charge in [-0.25, -0.2) is 0 Å². The highest BCUT2D eigenvalue weighted by molar-refractivity contribution is 5.93. The van der Waals surface area contributed by atoms with Gasteiger partial charge >= 0.3 is 0 Å². The van der Waals surface area contributed by atoms with Crippen molar-refractivity contribution in [2.45, 2.75) is 12.8 Å². The van der Waals surface area contributed by atoms with E-state index in [1.165, 1.54) is 7.05 Å². The van der Waals surface area contributed by atoms with Crippen LogP contribution >= 0.6 is 0 Å². The minimum atomic E-state index is -0.225. The van der Waals surface area contributed by atoms with Crippen molar-refractivity contribution in [1.29, 1.82) is 0 Å². The molecule has 146 valence electrons. The predicted molar refractivity (Wildman–Crippen MR) is 96.6 cm³/mol. The first-order valence-electron chi connectivity index (χ1n) is 9.06. The molecule has 1 aromatic rings. The Morgan fingerprint density at radius 1 is 1.11 bits per heavy atom. The number of piperidine rings is 1. The van der Waals surface area contributed by atoms with Gasteiger partial charge in [0.1, 0.15) is 0 Å². The number of amides is 3. The van der Waals surface area contributed by atoms with Crippen LogP contribution in [0.1, 0.15) is 12.8 Å². The lowest BCUT2D eigenvalue weighted by Crippen LogP contribution is -3.14. The zero-order valence-corrected chi connectivity index (χ0v) is 15.3. The Bertz CT molecular complexity index is 716. The SMILES string of the molecule is CNC(=O)CNC(=O)C[NH+]1CCC(C(=O)Nc2ccc3c(c2)OCO3)CC1. The molecule has 0 bridgehead atoms. The molecule has 4 N–H and O–H groups in total. The van der Waals surface area contributed by atoms with Gasteiger partial charge in [-0.3, -0.25) is 14.4 Å². The van der Waals surface area contributed by atoms with E-state index in [9.17, 15) is 14.4 Å². The van der Waals surface area contributed by atoms with E-state index in [1.807, 2.05) is 0 Å². The van der Waals surface area contributed by atoms with Crippen molar-refractivity contribution in [3.63, 3.8) is 0 Å². The summed E-state index contributed by atoms with van der Waals surface area (Å²) in [4.78, 5) is 36.6. The van der Waals surface area contributed by atoms with E-state index in [0.29, 0.717) is 36.6 Å². The highest BCUT2D eigenvalue weighted by Crippen LogP contribution is 2.34. The number of hydrogen-bond donors (Lipinski definition) is 4. The highest BCUT2D eigenvalue weighted by atomic mass is 16.7. The van der Waals surface area contributed by atoms with E-state index in [0.717, 1.165) is 18.0 Å². The van der Waals surface area contributed by atoms with Crippen LogP contribution < -0.4 is 30.3 Å². The minimum absolute atomic E-state index is 0.0107. The van der Waals surface area contributed by atoms with E-state index in [1.54, 1.807) is 18.2 Å². The Kier molecular flexibility index (Phi) is 6.12. The van der Waals surface area contributed by atoms with Crippen LogP contribution in [0.2, 0.25) is 0 Å². The molecular weight excluding hydrogens is 352 g/mol. The number of quaternary nitrogens is 1. The molecule has 1 saturated heterocycles. The first-order chi connectivity index (χ1) is 13.0. The molecule has 3 amide bonds. The number of likely N-dealkylation sites (tertiary alicyclic amines) is 1. The maximum absolute atomic E-state index is 12.5. The van der Waals surface area contributed by atoms with Crippen molar-refractivity contribution in [3.8, 4) is 11.5 Å². The normalized spacial score (nSPS) is 20.6. The Hall–Kier alpha value is -2.81. The van der Waals surface area contributed by atoms with E-state index in [2.05, 4.69) is 16.0 Å².